The van der Waals surface area contributed by atoms with E-state index in [4.69, 9.17) is 10.5 Å². The van der Waals surface area contributed by atoms with Crippen molar-refractivity contribution in [3.63, 3.8) is 0 Å². The molecule has 5 nitrogen and oxygen atoms in total. The van der Waals surface area contributed by atoms with Gasteiger partial charge in [-0.2, -0.15) is 14.8 Å². The van der Waals surface area contributed by atoms with Gasteiger partial charge in [-0.1, -0.05) is 19.4 Å². The molecule has 1 aromatic carbocycles. The van der Waals surface area contributed by atoms with Gasteiger partial charge in [-0.15, -0.1) is 0 Å². The molecule has 0 aromatic heterocycles. The van der Waals surface area contributed by atoms with Crippen LogP contribution in [0.5, 0.6) is 0 Å². The maximum absolute atomic E-state index is 12.4. The predicted molar refractivity (Wildman–Crippen MR) is 70.4 cm³/mol. The fourth-order valence-electron chi connectivity index (χ4n) is 1.57. The second-order valence-corrected chi connectivity index (χ2v) is 5.93. The molecule has 0 radical (unpaired) electrons. The number of hydrogen-bond acceptors (Lipinski definition) is 4. The first-order valence-corrected chi connectivity index (χ1v) is 7.37. The molecule has 0 bridgehead atoms. The van der Waals surface area contributed by atoms with E-state index in [1.165, 1.54) is 18.2 Å². The molecule has 0 fully saturated rings. The predicted octanol–water partition coefficient (Wildman–Crippen LogP) is 1.87. The van der Waals surface area contributed by atoms with Gasteiger partial charge < -0.3 is 0 Å². The Balaban J connectivity index is 3.12. The van der Waals surface area contributed by atoms with Crippen molar-refractivity contribution in [2.45, 2.75) is 24.7 Å². The average molecular weight is 277 g/mol. The summed E-state index contributed by atoms with van der Waals surface area (Å²) >= 11 is 0. The van der Waals surface area contributed by atoms with Gasteiger partial charge in [0.15, 0.2) is 0 Å². The molecule has 0 amide bonds. The highest BCUT2D eigenvalue weighted by Gasteiger charge is 2.23. The molecule has 0 atom stereocenters. The van der Waals surface area contributed by atoms with Crippen molar-refractivity contribution in [1.29, 1.82) is 10.5 Å². The third-order valence-electron chi connectivity index (χ3n) is 2.61. The molecule has 1 rings (SSSR count). The lowest BCUT2D eigenvalue weighted by atomic mass is 10.2. The Hall–Kier alpha value is -1.89. The SMILES string of the molecule is CCCCN(CC#N)S(=O)(=O)c1cccc(C#N)c1. The quantitative estimate of drug-likeness (QED) is 0.743. The summed E-state index contributed by atoms with van der Waals surface area (Å²) < 4.78 is 25.9. The van der Waals surface area contributed by atoms with Crippen molar-refractivity contribution in [2.75, 3.05) is 13.1 Å². The first-order valence-electron chi connectivity index (χ1n) is 5.93. The zero-order chi connectivity index (χ0) is 14.3. The van der Waals surface area contributed by atoms with Gasteiger partial charge in [0.2, 0.25) is 10.0 Å². The number of nitriles is 2. The van der Waals surface area contributed by atoms with Gasteiger partial charge in [-0.25, -0.2) is 8.42 Å². The van der Waals surface area contributed by atoms with E-state index >= 15 is 0 Å². The van der Waals surface area contributed by atoms with E-state index in [1.54, 1.807) is 6.07 Å². The molecular formula is C13H15N3O2S. The molecule has 0 heterocycles. The number of hydrogen-bond donors (Lipinski definition) is 0. The van der Waals surface area contributed by atoms with Crippen molar-refractivity contribution < 1.29 is 8.42 Å². The van der Waals surface area contributed by atoms with Crippen LogP contribution >= 0.6 is 0 Å². The fourth-order valence-corrected chi connectivity index (χ4v) is 2.99. The minimum absolute atomic E-state index is 0.0536. The van der Waals surface area contributed by atoms with Crippen LogP contribution in [-0.2, 0) is 10.0 Å². The smallest absolute Gasteiger partial charge is 0.207 e. The number of rotatable bonds is 6. The molecule has 0 unspecified atom stereocenters. The number of benzene rings is 1. The third-order valence-corrected chi connectivity index (χ3v) is 4.45. The second kappa shape index (κ2) is 6.89. The Morgan fingerprint density at radius 2 is 2.05 bits per heavy atom. The molecule has 0 aliphatic heterocycles. The molecule has 6 heteroatoms. The highest BCUT2D eigenvalue weighted by molar-refractivity contribution is 7.89. The first kappa shape index (κ1) is 15.2. The van der Waals surface area contributed by atoms with Crippen LogP contribution < -0.4 is 0 Å². The van der Waals surface area contributed by atoms with Crippen LogP contribution in [0, 0.1) is 22.7 Å². The lowest BCUT2D eigenvalue weighted by Gasteiger charge is -2.19. The minimum atomic E-state index is -3.71. The number of unbranched alkanes of at least 4 members (excludes halogenated alkanes) is 1. The summed E-state index contributed by atoms with van der Waals surface area (Å²) in [6.45, 7) is 2.08. The maximum atomic E-state index is 12.4. The topological polar surface area (TPSA) is 85.0 Å². The van der Waals surface area contributed by atoms with Crippen LogP contribution in [0.1, 0.15) is 25.3 Å². The molecular weight excluding hydrogens is 262 g/mol. The molecule has 0 aliphatic carbocycles. The van der Waals surface area contributed by atoms with Crippen LogP contribution in [-0.4, -0.2) is 25.8 Å². The molecule has 0 spiro atoms. The highest BCUT2D eigenvalue weighted by Crippen LogP contribution is 2.17. The summed E-state index contributed by atoms with van der Waals surface area (Å²) in [5.41, 5.74) is 0.286. The van der Waals surface area contributed by atoms with Crippen molar-refractivity contribution in [3.8, 4) is 12.1 Å². The van der Waals surface area contributed by atoms with Gasteiger partial charge in [0.25, 0.3) is 0 Å². The van der Waals surface area contributed by atoms with Crippen molar-refractivity contribution in [1.82, 2.24) is 4.31 Å². The van der Waals surface area contributed by atoms with Crippen molar-refractivity contribution in [3.05, 3.63) is 29.8 Å². The van der Waals surface area contributed by atoms with E-state index in [9.17, 15) is 8.42 Å². The van der Waals surface area contributed by atoms with E-state index in [1.807, 2.05) is 19.1 Å². The third kappa shape index (κ3) is 3.78. The normalized spacial score (nSPS) is 10.9. The van der Waals surface area contributed by atoms with Gasteiger partial charge in [-0.05, 0) is 24.6 Å². The summed E-state index contributed by atoms with van der Waals surface area (Å²) in [4.78, 5) is 0.0536. The summed E-state index contributed by atoms with van der Waals surface area (Å²) in [6.07, 6.45) is 1.54. The second-order valence-electron chi connectivity index (χ2n) is 3.99. The molecule has 0 saturated heterocycles. The van der Waals surface area contributed by atoms with Crippen LogP contribution in [0.3, 0.4) is 0 Å². The lowest BCUT2D eigenvalue weighted by molar-refractivity contribution is 0.435. The maximum Gasteiger partial charge on any atom is 0.244 e. The van der Waals surface area contributed by atoms with E-state index in [2.05, 4.69) is 0 Å². The standard InChI is InChI=1S/C13H15N3O2S/c1-2-3-8-16(9-7-14)19(17,18)13-6-4-5-12(10-13)11-15/h4-6,10H,2-3,8-9H2,1H3. The molecule has 0 N–H and O–H groups in total. The monoisotopic (exact) mass is 277 g/mol. The first-order chi connectivity index (χ1) is 9.06. The average Bonchev–Trinajstić information content (AvgIpc) is 2.43. The Labute approximate surface area is 113 Å². The van der Waals surface area contributed by atoms with Crippen LogP contribution in [0.2, 0.25) is 0 Å². The van der Waals surface area contributed by atoms with Crippen LogP contribution in [0.15, 0.2) is 29.2 Å². The largest absolute Gasteiger partial charge is 0.244 e. The molecule has 1 aromatic rings. The minimum Gasteiger partial charge on any atom is -0.207 e. The summed E-state index contributed by atoms with van der Waals surface area (Å²) in [6, 6.07) is 9.60. The van der Waals surface area contributed by atoms with E-state index in [-0.39, 0.29) is 17.0 Å². The Bertz CT molecular complexity index is 612. The summed E-state index contributed by atoms with van der Waals surface area (Å²) in [5, 5.41) is 17.5. The Morgan fingerprint density at radius 1 is 1.32 bits per heavy atom. The van der Waals surface area contributed by atoms with Crippen LogP contribution in [0.25, 0.3) is 0 Å². The summed E-state index contributed by atoms with van der Waals surface area (Å²) in [7, 11) is -3.71. The number of sulfonamides is 1. The number of nitrogens with zero attached hydrogens (tertiary/aromatic N) is 3. The van der Waals surface area contributed by atoms with Gasteiger partial charge in [0.05, 0.1) is 22.6 Å². The van der Waals surface area contributed by atoms with Gasteiger partial charge in [-0.3, -0.25) is 0 Å². The van der Waals surface area contributed by atoms with Crippen LogP contribution in [0.4, 0.5) is 0 Å². The zero-order valence-corrected chi connectivity index (χ0v) is 11.5. The molecule has 100 valence electrons. The van der Waals surface area contributed by atoms with E-state index < -0.39 is 10.0 Å². The van der Waals surface area contributed by atoms with E-state index in [0.717, 1.165) is 10.7 Å². The zero-order valence-electron chi connectivity index (χ0n) is 10.7. The van der Waals surface area contributed by atoms with E-state index in [0.29, 0.717) is 13.0 Å². The fraction of sp³-hybridized carbons (Fsp3) is 0.385. The molecule has 19 heavy (non-hydrogen) atoms. The Morgan fingerprint density at radius 3 is 2.63 bits per heavy atom. The van der Waals surface area contributed by atoms with Gasteiger partial charge in [0, 0.05) is 6.54 Å². The van der Waals surface area contributed by atoms with Gasteiger partial charge >= 0.3 is 0 Å². The van der Waals surface area contributed by atoms with Gasteiger partial charge in [0.1, 0.15) is 6.54 Å². The lowest BCUT2D eigenvalue weighted by Crippen LogP contribution is -2.32. The molecule has 0 aliphatic rings. The highest BCUT2D eigenvalue weighted by atomic mass is 32.2. The van der Waals surface area contributed by atoms with Crippen molar-refractivity contribution >= 4 is 10.0 Å². The summed E-state index contributed by atoms with van der Waals surface area (Å²) in [5.74, 6) is 0. The molecule has 0 saturated carbocycles. The van der Waals surface area contributed by atoms with Crippen molar-refractivity contribution in [2.24, 2.45) is 0 Å². The Kier molecular flexibility index (Phi) is 5.50.